The van der Waals surface area contributed by atoms with E-state index in [9.17, 15) is 9.59 Å². The van der Waals surface area contributed by atoms with Crippen molar-refractivity contribution in [2.24, 2.45) is 5.73 Å². The van der Waals surface area contributed by atoms with Gasteiger partial charge in [-0.3, -0.25) is 9.59 Å². The molecular formula is C13H23N3O2. The van der Waals surface area contributed by atoms with Crippen LogP contribution in [0.15, 0.2) is 0 Å². The van der Waals surface area contributed by atoms with Crippen molar-refractivity contribution in [3.05, 3.63) is 0 Å². The average molecular weight is 253 g/mol. The molecule has 0 unspecified atom stereocenters. The van der Waals surface area contributed by atoms with E-state index in [0.717, 1.165) is 32.1 Å². The predicted molar refractivity (Wildman–Crippen MR) is 68.8 cm³/mol. The molecule has 0 aromatic carbocycles. The maximum atomic E-state index is 12.2. The molecule has 2 rings (SSSR count). The van der Waals surface area contributed by atoms with E-state index < -0.39 is 0 Å². The highest BCUT2D eigenvalue weighted by atomic mass is 16.2. The Labute approximate surface area is 108 Å². The molecule has 3 N–H and O–H groups in total. The van der Waals surface area contributed by atoms with Crippen molar-refractivity contribution < 1.29 is 9.59 Å². The lowest BCUT2D eigenvalue weighted by atomic mass is 9.80. The number of nitrogens with two attached hydrogens (primary N) is 1. The van der Waals surface area contributed by atoms with E-state index in [1.54, 1.807) is 4.90 Å². The lowest BCUT2D eigenvalue weighted by molar-refractivity contribution is -0.136. The van der Waals surface area contributed by atoms with E-state index in [2.05, 4.69) is 5.32 Å². The first-order valence-electron chi connectivity index (χ1n) is 6.92. The number of nitrogens with zero attached hydrogens (tertiary/aromatic N) is 1. The Morgan fingerprint density at radius 1 is 1.28 bits per heavy atom. The molecule has 0 bridgehead atoms. The van der Waals surface area contributed by atoms with E-state index in [-0.39, 0.29) is 23.9 Å². The summed E-state index contributed by atoms with van der Waals surface area (Å²) in [5.74, 6) is -0.0213. The first kappa shape index (κ1) is 13.3. The Morgan fingerprint density at radius 2 is 2.00 bits per heavy atom. The maximum Gasteiger partial charge on any atom is 0.239 e. The average Bonchev–Trinajstić information content (AvgIpc) is 2.54. The molecule has 0 aromatic rings. The first-order valence-corrected chi connectivity index (χ1v) is 6.92. The Bertz CT molecular complexity index is 324. The molecule has 1 heterocycles. The van der Waals surface area contributed by atoms with Gasteiger partial charge in [-0.25, -0.2) is 0 Å². The molecule has 102 valence electrons. The lowest BCUT2D eigenvalue weighted by Crippen LogP contribution is -2.48. The fourth-order valence-electron chi connectivity index (χ4n) is 2.86. The highest BCUT2D eigenvalue weighted by molar-refractivity contribution is 5.85. The molecule has 2 aliphatic rings. The third-order valence-electron chi connectivity index (χ3n) is 3.97. The van der Waals surface area contributed by atoms with Crippen molar-refractivity contribution in [2.75, 3.05) is 19.6 Å². The zero-order chi connectivity index (χ0) is 13.0. The first-order chi connectivity index (χ1) is 8.59. The molecule has 5 heteroatoms. The van der Waals surface area contributed by atoms with Crippen LogP contribution < -0.4 is 11.1 Å². The molecule has 18 heavy (non-hydrogen) atoms. The van der Waals surface area contributed by atoms with Crippen LogP contribution in [0.3, 0.4) is 0 Å². The van der Waals surface area contributed by atoms with Gasteiger partial charge in [-0.1, -0.05) is 19.3 Å². The minimum atomic E-state index is -0.335. The molecule has 1 aliphatic carbocycles. The van der Waals surface area contributed by atoms with E-state index in [0.29, 0.717) is 19.5 Å². The van der Waals surface area contributed by atoms with Gasteiger partial charge in [0.05, 0.1) is 6.54 Å². The van der Waals surface area contributed by atoms with Gasteiger partial charge in [0, 0.05) is 25.0 Å². The predicted octanol–water partition coefficient (Wildman–Crippen LogP) is 0.387. The normalized spacial score (nSPS) is 24.3. The zero-order valence-electron chi connectivity index (χ0n) is 10.9. The molecule has 0 spiro atoms. The van der Waals surface area contributed by atoms with E-state index in [4.69, 9.17) is 5.73 Å². The fraction of sp³-hybridized carbons (Fsp3) is 0.846. The summed E-state index contributed by atoms with van der Waals surface area (Å²) in [5, 5.41) is 2.78. The van der Waals surface area contributed by atoms with E-state index >= 15 is 0 Å². The summed E-state index contributed by atoms with van der Waals surface area (Å²) in [6.45, 7) is 1.51. The van der Waals surface area contributed by atoms with Gasteiger partial charge in [0.2, 0.25) is 11.8 Å². The van der Waals surface area contributed by atoms with Crippen molar-refractivity contribution in [3.63, 3.8) is 0 Å². The van der Waals surface area contributed by atoms with Crippen molar-refractivity contribution >= 4 is 11.8 Å². The van der Waals surface area contributed by atoms with Crippen LogP contribution in [0.1, 0.15) is 44.9 Å². The van der Waals surface area contributed by atoms with Crippen LogP contribution in [0.25, 0.3) is 0 Å². The van der Waals surface area contributed by atoms with Gasteiger partial charge in [0.25, 0.3) is 0 Å². The van der Waals surface area contributed by atoms with Gasteiger partial charge in [0.1, 0.15) is 0 Å². The lowest BCUT2D eigenvalue weighted by Gasteiger charge is -2.34. The van der Waals surface area contributed by atoms with Gasteiger partial charge in [-0.05, 0) is 19.3 Å². The number of rotatable bonds is 2. The third-order valence-corrected chi connectivity index (χ3v) is 3.97. The van der Waals surface area contributed by atoms with Gasteiger partial charge >= 0.3 is 0 Å². The quantitative estimate of drug-likeness (QED) is 0.747. The SMILES string of the molecule is NC1(CC(=O)N2CCCNC(=O)C2)CCCCC1. The van der Waals surface area contributed by atoms with E-state index in [1.165, 1.54) is 6.42 Å². The minimum Gasteiger partial charge on any atom is -0.354 e. The molecule has 0 atom stereocenters. The Hall–Kier alpha value is -1.10. The monoisotopic (exact) mass is 253 g/mol. The molecule has 0 radical (unpaired) electrons. The zero-order valence-corrected chi connectivity index (χ0v) is 10.9. The van der Waals surface area contributed by atoms with Crippen LogP contribution in [0.5, 0.6) is 0 Å². The number of amides is 2. The second-order valence-electron chi connectivity index (χ2n) is 5.62. The Kier molecular flexibility index (Phi) is 4.22. The molecule has 1 saturated heterocycles. The summed E-state index contributed by atoms with van der Waals surface area (Å²) >= 11 is 0. The van der Waals surface area contributed by atoms with Gasteiger partial charge in [-0.2, -0.15) is 0 Å². The topological polar surface area (TPSA) is 75.4 Å². The van der Waals surface area contributed by atoms with Crippen LogP contribution in [0.2, 0.25) is 0 Å². The largest absolute Gasteiger partial charge is 0.354 e. The smallest absolute Gasteiger partial charge is 0.239 e. The van der Waals surface area contributed by atoms with Gasteiger partial charge in [-0.15, -0.1) is 0 Å². The number of nitrogens with one attached hydrogen (secondary N) is 1. The second kappa shape index (κ2) is 5.69. The molecule has 2 amide bonds. The van der Waals surface area contributed by atoms with Crippen molar-refractivity contribution in [1.29, 1.82) is 0 Å². The van der Waals surface area contributed by atoms with Gasteiger partial charge < -0.3 is 16.0 Å². The van der Waals surface area contributed by atoms with Crippen LogP contribution in [0, 0.1) is 0 Å². The van der Waals surface area contributed by atoms with Gasteiger partial charge in [0.15, 0.2) is 0 Å². The molecule has 2 fully saturated rings. The maximum absolute atomic E-state index is 12.2. The summed E-state index contributed by atoms with van der Waals surface area (Å²) in [7, 11) is 0. The summed E-state index contributed by atoms with van der Waals surface area (Å²) in [6, 6.07) is 0. The number of carbonyl (C=O) groups excluding carboxylic acids is 2. The standard InChI is InChI=1S/C13H23N3O2/c14-13(5-2-1-3-6-13)9-12(18)16-8-4-7-15-11(17)10-16/h1-10,14H2,(H,15,17). The molecular weight excluding hydrogens is 230 g/mol. The summed E-state index contributed by atoms with van der Waals surface area (Å²) < 4.78 is 0. The molecule has 0 aromatic heterocycles. The van der Waals surface area contributed by atoms with Crippen molar-refractivity contribution in [1.82, 2.24) is 10.2 Å². The molecule has 1 saturated carbocycles. The fourth-order valence-corrected chi connectivity index (χ4v) is 2.86. The number of hydrogen-bond acceptors (Lipinski definition) is 3. The van der Waals surface area contributed by atoms with Crippen molar-refractivity contribution in [3.8, 4) is 0 Å². The number of hydrogen-bond donors (Lipinski definition) is 2. The Balaban J connectivity index is 1.91. The van der Waals surface area contributed by atoms with Crippen molar-refractivity contribution in [2.45, 2.75) is 50.5 Å². The van der Waals surface area contributed by atoms with Crippen LogP contribution >= 0.6 is 0 Å². The minimum absolute atomic E-state index is 0.0384. The number of carbonyl (C=O) groups is 2. The highest BCUT2D eigenvalue weighted by Crippen LogP contribution is 2.29. The molecule has 1 aliphatic heterocycles. The van der Waals surface area contributed by atoms with E-state index in [1.807, 2.05) is 0 Å². The van der Waals surface area contributed by atoms with Crippen LogP contribution in [-0.4, -0.2) is 41.9 Å². The van der Waals surface area contributed by atoms with Crippen LogP contribution in [-0.2, 0) is 9.59 Å². The highest BCUT2D eigenvalue weighted by Gasteiger charge is 2.32. The Morgan fingerprint density at radius 3 is 2.72 bits per heavy atom. The second-order valence-corrected chi connectivity index (χ2v) is 5.62. The summed E-state index contributed by atoms with van der Waals surface area (Å²) in [6.07, 6.45) is 6.53. The summed E-state index contributed by atoms with van der Waals surface area (Å²) in [5.41, 5.74) is 5.96. The summed E-state index contributed by atoms with van der Waals surface area (Å²) in [4.78, 5) is 25.3. The van der Waals surface area contributed by atoms with Crippen LogP contribution in [0.4, 0.5) is 0 Å². The molecule has 5 nitrogen and oxygen atoms in total. The third kappa shape index (κ3) is 3.45.